The summed E-state index contributed by atoms with van der Waals surface area (Å²) in [6, 6.07) is 8.67. The molecule has 5 nitrogen and oxygen atoms in total. The highest BCUT2D eigenvalue weighted by atomic mass is 16.2. The summed E-state index contributed by atoms with van der Waals surface area (Å²) in [4.78, 5) is 23.2. The molecule has 0 bridgehead atoms. The van der Waals surface area contributed by atoms with Crippen molar-refractivity contribution in [1.82, 2.24) is 10.6 Å². The molecule has 0 saturated carbocycles. The summed E-state index contributed by atoms with van der Waals surface area (Å²) in [5.41, 5.74) is 6.26. The van der Waals surface area contributed by atoms with Crippen LogP contribution in [0.2, 0.25) is 0 Å². The van der Waals surface area contributed by atoms with Crippen LogP contribution in [0.25, 0.3) is 0 Å². The zero-order chi connectivity index (χ0) is 14.5. The molecule has 0 aromatic heterocycles. The number of hydrogen-bond donors (Lipinski definition) is 3. The molecule has 106 valence electrons. The summed E-state index contributed by atoms with van der Waals surface area (Å²) in [7, 11) is 0. The quantitative estimate of drug-likeness (QED) is 0.704. The van der Waals surface area contributed by atoms with Gasteiger partial charge in [-0.15, -0.1) is 0 Å². The summed E-state index contributed by atoms with van der Waals surface area (Å²) in [6.07, 6.45) is 4.44. The summed E-state index contributed by atoms with van der Waals surface area (Å²) in [5, 5.41) is 5.88. The Morgan fingerprint density at radius 3 is 2.75 bits per heavy atom. The van der Waals surface area contributed by atoms with Crippen LogP contribution in [-0.4, -0.2) is 23.9 Å². The predicted octanol–water partition coefficient (Wildman–Crippen LogP) is 0.636. The average Bonchev–Trinajstić information content (AvgIpc) is 2.62. The molecule has 4 N–H and O–H groups in total. The molecule has 2 amide bonds. The molecule has 20 heavy (non-hydrogen) atoms. The third-order valence-corrected chi connectivity index (χ3v) is 3.36. The molecule has 1 aromatic rings. The Kier molecular flexibility index (Phi) is 4.53. The Morgan fingerprint density at radius 2 is 2.10 bits per heavy atom. The number of nitrogens with one attached hydrogen (secondary N) is 2. The lowest BCUT2D eigenvalue weighted by Gasteiger charge is -2.20. The molecule has 0 radical (unpaired) electrons. The van der Waals surface area contributed by atoms with Crippen LogP contribution in [0.5, 0.6) is 0 Å². The fourth-order valence-electron chi connectivity index (χ4n) is 2.15. The molecule has 0 fully saturated rings. The van der Waals surface area contributed by atoms with Crippen LogP contribution < -0.4 is 16.4 Å². The molecule has 0 saturated heterocycles. The zero-order valence-corrected chi connectivity index (χ0v) is 11.4. The first-order chi connectivity index (χ1) is 9.58. The van der Waals surface area contributed by atoms with Crippen LogP contribution in [-0.2, 0) is 9.59 Å². The van der Waals surface area contributed by atoms with Crippen LogP contribution in [0.1, 0.15) is 24.9 Å². The van der Waals surface area contributed by atoms with Crippen LogP contribution in [0.15, 0.2) is 42.5 Å². The molecular formula is C15H19N3O2. The Hall–Kier alpha value is -2.14. The highest BCUT2D eigenvalue weighted by molar-refractivity contribution is 5.86. The lowest BCUT2D eigenvalue weighted by Crippen LogP contribution is -2.50. The first-order valence-corrected chi connectivity index (χ1v) is 6.65. The van der Waals surface area contributed by atoms with E-state index >= 15 is 0 Å². The van der Waals surface area contributed by atoms with Gasteiger partial charge in [-0.25, -0.2) is 0 Å². The number of nitrogens with two attached hydrogens (primary N) is 1. The number of hydrogen-bond acceptors (Lipinski definition) is 3. The predicted molar refractivity (Wildman–Crippen MR) is 76.7 cm³/mol. The van der Waals surface area contributed by atoms with Crippen LogP contribution in [0.4, 0.5) is 0 Å². The van der Waals surface area contributed by atoms with Crippen molar-refractivity contribution in [2.75, 3.05) is 0 Å². The van der Waals surface area contributed by atoms with Gasteiger partial charge in [-0.05, 0) is 18.9 Å². The standard InChI is InChI=1S/C15H19N3O2/c1-10(14(16)19)17-13-9-5-8-12(18-15(13)20)11-6-3-2-4-7-11/h2-7,9-10,12-13,17H,8H2,1H3,(H2,16,19)(H,18,20)/t10-,12+,13-/m0/s1. The third-order valence-electron chi connectivity index (χ3n) is 3.36. The first kappa shape index (κ1) is 14.3. The van der Waals surface area contributed by atoms with Crippen molar-refractivity contribution >= 4 is 11.8 Å². The van der Waals surface area contributed by atoms with Gasteiger partial charge < -0.3 is 11.1 Å². The highest BCUT2D eigenvalue weighted by Gasteiger charge is 2.25. The first-order valence-electron chi connectivity index (χ1n) is 6.65. The van der Waals surface area contributed by atoms with E-state index in [1.165, 1.54) is 0 Å². The zero-order valence-electron chi connectivity index (χ0n) is 11.4. The number of rotatable bonds is 4. The molecule has 1 heterocycles. The molecule has 1 aliphatic rings. The second kappa shape index (κ2) is 6.34. The van der Waals surface area contributed by atoms with E-state index < -0.39 is 18.0 Å². The van der Waals surface area contributed by atoms with E-state index in [1.54, 1.807) is 13.0 Å². The van der Waals surface area contributed by atoms with Crippen molar-refractivity contribution in [3.05, 3.63) is 48.0 Å². The average molecular weight is 273 g/mol. The van der Waals surface area contributed by atoms with Crippen molar-refractivity contribution in [2.24, 2.45) is 5.73 Å². The van der Waals surface area contributed by atoms with Crippen molar-refractivity contribution in [1.29, 1.82) is 0 Å². The minimum absolute atomic E-state index is 0.0457. The number of carbonyl (C=O) groups is 2. The largest absolute Gasteiger partial charge is 0.368 e. The van der Waals surface area contributed by atoms with E-state index in [9.17, 15) is 9.59 Å². The maximum atomic E-state index is 12.2. The van der Waals surface area contributed by atoms with E-state index in [0.29, 0.717) is 0 Å². The van der Waals surface area contributed by atoms with Crippen LogP contribution >= 0.6 is 0 Å². The van der Waals surface area contributed by atoms with Gasteiger partial charge in [0.2, 0.25) is 11.8 Å². The fourth-order valence-corrected chi connectivity index (χ4v) is 2.15. The molecule has 3 atom stereocenters. The van der Waals surface area contributed by atoms with Gasteiger partial charge in [0.15, 0.2) is 0 Å². The molecule has 5 heteroatoms. The summed E-state index contributed by atoms with van der Waals surface area (Å²) < 4.78 is 0. The topological polar surface area (TPSA) is 84.2 Å². The smallest absolute Gasteiger partial charge is 0.241 e. The van der Waals surface area contributed by atoms with Gasteiger partial charge in [0, 0.05) is 0 Å². The monoisotopic (exact) mass is 273 g/mol. The minimum Gasteiger partial charge on any atom is -0.368 e. The molecular weight excluding hydrogens is 254 g/mol. The Morgan fingerprint density at radius 1 is 1.40 bits per heavy atom. The van der Waals surface area contributed by atoms with Crippen LogP contribution in [0.3, 0.4) is 0 Å². The SMILES string of the molecule is C[C@H](N[C@H]1C=CC[C@H](c2ccccc2)NC1=O)C(N)=O. The van der Waals surface area contributed by atoms with E-state index in [4.69, 9.17) is 5.73 Å². The Bertz CT molecular complexity index is 513. The van der Waals surface area contributed by atoms with E-state index in [2.05, 4.69) is 10.6 Å². The Labute approximate surface area is 118 Å². The number of amides is 2. The molecule has 0 aliphatic carbocycles. The second-order valence-corrected chi connectivity index (χ2v) is 4.90. The van der Waals surface area contributed by atoms with Gasteiger partial charge in [0.1, 0.15) is 6.04 Å². The second-order valence-electron chi connectivity index (χ2n) is 4.90. The molecule has 0 unspecified atom stereocenters. The van der Waals surface area contributed by atoms with Crippen molar-refractivity contribution in [3.63, 3.8) is 0 Å². The highest BCUT2D eigenvalue weighted by Crippen LogP contribution is 2.19. The number of carbonyl (C=O) groups excluding carboxylic acids is 2. The van der Waals surface area contributed by atoms with Gasteiger partial charge in [0.05, 0.1) is 12.1 Å². The molecule has 1 aliphatic heterocycles. The van der Waals surface area contributed by atoms with Crippen molar-refractivity contribution in [3.8, 4) is 0 Å². The molecule has 1 aromatic carbocycles. The summed E-state index contributed by atoms with van der Waals surface area (Å²) >= 11 is 0. The van der Waals surface area contributed by atoms with Crippen LogP contribution in [0, 0.1) is 0 Å². The third kappa shape index (κ3) is 3.45. The van der Waals surface area contributed by atoms with E-state index in [-0.39, 0.29) is 11.9 Å². The van der Waals surface area contributed by atoms with Gasteiger partial charge >= 0.3 is 0 Å². The van der Waals surface area contributed by atoms with E-state index in [1.807, 2.05) is 36.4 Å². The fraction of sp³-hybridized carbons (Fsp3) is 0.333. The van der Waals surface area contributed by atoms with Crippen molar-refractivity contribution < 1.29 is 9.59 Å². The molecule has 0 spiro atoms. The maximum Gasteiger partial charge on any atom is 0.241 e. The van der Waals surface area contributed by atoms with Gasteiger partial charge in [-0.3, -0.25) is 14.9 Å². The summed E-state index contributed by atoms with van der Waals surface area (Å²) in [5.74, 6) is -0.629. The van der Waals surface area contributed by atoms with Gasteiger partial charge in [-0.1, -0.05) is 42.5 Å². The number of benzene rings is 1. The minimum atomic E-state index is -0.552. The normalized spacial score (nSPS) is 23.8. The maximum absolute atomic E-state index is 12.2. The van der Waals surface area contributed by atoms with Gasteiger partial charge in [0.25, 0.3) is 0 Å². The van der Waals surface area contributed by atoms with Crippen molar-refractivity contribution in [2.45, 2.75) is 31.5 Å². The van der Waals surface area contributed by atoms with E-state index in [0.717, 1.165) is 12.0 Å². The number of primary amides is 1. The Balaban J connectivity index is 2.06. The van der Waals surface area contributed by atoms with Gasteiger partial charge in [-0.2, -0.15) is 0 Å². The lowest BCUT2D eigenvalue weighted by molar-refractivity contribution is -0.123. The molecule has 2 rings (SSSR count). The lowest BCUT2D eigenvalue weighted by atomic mass is 10.0. The summed E-state index contributed by atoms with van der Waals surface area (Å²) in [6.45, 7) is 1.64.